The first-order chi connectivity index (χ1) is 7.24. The van der Waals surface area contributed by atoms with Crippen LogP contribution in [0.5, 0.6) is 0 Å². The summed E-state index contributed by atoms with van der Waals surface area (Å²) in [6.45, 7) is 6.95. The van der Waals surface area contributed by atoms with Gasteiger partial charge in [0, 0.05) is 11.4 Å². The molecule has 15 heavy (non-hydrogen) atoms. The van der Waals surface area contributed by atoms with Gasteiger partial charge in [-0.1, -0.05) is 6.92 Å². The highest BCUT2D eigenvalue weighted by atomic mass is 15.1. The molecule has 0 spiro atoms. The second-order valence-corrected chi connectivity index (χ2v) is 4.00. The van der Waals surface area contributed by atoms with E-state index in [9.17, 15) is 0 Å². The van der Waals surface area contributed by atoms with E-state index in [0.717, 1.165) is 6.32 Å². The number of nitrogens with zero attached hydrogens (tertiary/aromatic N) is 2. The summed E-state index contributed by atoms with van der Waals surface area (Å²) < 4.78 is 4.65. The van der Waals surface area contributed by atoms with E-state index in [1.54, 1.807) is 0 Å². The minimum absolute atomic E-state index is 0.412. The molecule has 2 aromatic heterocycles. The van der Waals surface area contributed by atoms with Crippen molar-refractivity contribution < 1.29 is 0 Å². The van der Waals surface area contributed by atoms with Crippen LogP contribution >= 0.6 is 0 Å². The van der Waals surface area contributed by atoms with Gasteiger partial charge in [0.05, 0.1) is 0 Å². The van der Waals surface area contributed by atoms with Crippen LogP contribution in [0.15, 0.2) is 36.7 Å². The molecule has 0 fully saturated rings. The summed E-state index contributed by atoms with van der Waals surface area (Å²) in [5, 5.41) is 0. The fraction of sp³-hybridized carbons (Fsp3) is 0.333. The van der Waals surface area contributed by atoms with Crippen LogP contribution in [-0.2, 0) is 0 Å². The standard InChI is InChI=1S/C12H17BN2/c1-4-13(14-9-5-7-11(14)2)15-10-6-8-12(15)3/h5-10H,4H2,1-3H3. The molecule has 2 rings (SSSR count). The Morgan fingerprint density at radius 1 is 1.00 bits per heavy atom. The Morgan fingerprint density at radius 2 is 1.47 bits per heavy atom. The third-order valence-electron chi connectivity index (χ3n) is 2.99. The Morgan fingerprint density at radius 3 is 1.73 bits per heavy atom. The lowest BCUT2D eigenvalue weighted by atomic mass is 9.71. The number of hydrogen-bond donors (Lipinski definition) is 0. The SMILES string of the molecule is CCB(n1cccc1C)n1cccc1C. The van der Waals surface area contributed by atoms with Gasteiger partial charge in [-0.05, 0) is 56.8 Å². The fourth-order valence-electron chi connectivity index (χ4n) is 2.15. The van der Waals surface area contributed by atoms with E-state index in [1.165, 1.54) is 11.4 Å². The summed E-state index contributed by atoms with van der Waals surface area (Å²) >= 11 is 0. The van der Waals surface area contributed by atoms with Gasteiger partial charge in [-0.2, -0.15) is 0 Å². The van der Waals surface area contributed by atoms with Gasteiger partial charge in [0.25, 0.3) is 0 Å². The Bertz CT molecular complexity index is 402. The third-order valence-corrected chi connectivity index (χ3v) is 2.99. The van der Waals surface area contributed by atoms with Gasteiger partial charge in [0.1, 0.15) is 0 Å². The molecular formula is C12H17BN2. The van der Waals surface area contributed by atoms with Crippen LogP contribution in [0.1, 0.15) is 18.3 Å². The number of aromatic nitrogens is 2. The van der Waals surface area contributed by atoms with Crippen molar-refractivity contribution in [2.45, 2.75) is 27.1 Å². The molecule has 0 aliphatic heterocycles. The van der Waals surface area contributed by atoms with Crippen LogP contribution < -0.4 is 0 Å². The number of aryl methyl sites for hydroxylation is 2. The van der Waals surface area contributed by atoms with Gasteiger partial charge in [-0.15, -0.1) is 0 Å². The maximum absolute atomic E-state index is 2.33. The lowest BCUT2D eigenvalue weighted by Gasteiger charge is -2.18. The molecule has 0 aliphatic rings. The Balaban J connectivity index is 2.41. The first-order valence-electron chi connectivity index (χ1n) is 5.51. The molecule has 0 aliphatic carbocycles. The summed E-state index contributed by atoms with van der Waals surface area (Å²) in [7, 11) is 0. The van der Waals surface area contributed by atoms with E-state index < -0.39 is 0 Å². The zero-order valence-electron chi connectivity index (χ0n) is 9.64. The summed E-state index contributed by atoms with van der Waals surface area (Å²) in [6, 6.07) is 8.52. The van der Waals surface area contributed by atoms with Crippen molar-refractivity contribution in [3.63, 3.8) is 0 Å². The molecule has 0 unspecified atom stereocenters. The molecule has 3 heteroatoms. The first kappa shape index (κ1) is 10.2. The quantitative estimate of drug-likeness (QED) is 0.674. The maximum atomic E-state index is 2.33. The lowest BCUT2D eigenvalue weighted by molar-refractivity contribution is 0.973. The molecule has 0 saturated heterocycles. The average molecular weight is 200 g/mol. The van der Waals surface area contributed by atoms with Crippen LogP contribution in [0, 0.1) is 13.8 Å². The van der Waals surface area contributed by atoms with Crippen LogP contribution in [0.3, 0.4) is 0 Å². The molecule has 0 saturated carbocycles. The van der Waals surface area contributed by atoms with Crippen LogP contribution in [0.2, 0.25) is 6.32 Å². The molecule has 0 bridgehead atoms. The molecule has 0 amide bonds. The zero-order chi connectivity index (χ0) is 10.8. The second kappa shape index (κ2) is 4.01. The molecule has 2 aromatic rings. The first-order valence-corrected chi connectivity index (χ1v) is 5.51. The normalized spacial score (nSPS) is 10.6. The van der Waals surface area contributed by atoms with E-state index in [0.29, 0.717) is 6.98 Å². The summed E-state index contributed by atoms with van der Waals surface area (Å²) in [5.74, 6) is 0. The molecule has 0 aromatic carbocycles. The highest BCUT2D eigenvalue weighted by molar-refractivity contribution is 6.55. The van der Waals surface area contributed by atoms with Crippen molar-refractivity contribution >= 4 is 6.98 Å². The molecule has 78 valence electrons. The Hall–Kier alpha value is -1.38. The second-order valence-electron chi connectivity index (χ2n) is 4.00. The molecule has 0 atom stereocenters. The number of rotatable bonds is 3. The van der Waals surface area contributed by atoms with Gasteiger partial charge < -0.3 is 8.96 Å². The smallest absolute Gasteiger partial charge is 0.375 e. The van der Waals surface area contributed by atoms with Crippen molar-refractivity contribution in [2.24, 2.45) is 0 Å². The van der Waals surface area contributed by atoms with Gasteiger partial charge in [-0.3, -0.25) is 0 Å². The molecule has 2 heterocycles. The van der Waals surface area contributed by atoms with E-state index in [2.05, 4.69) is 66.4 Å². The Labute approximate surface area is 91.7 Å². The zero-order valence-corrected chi connectivity index (χ0v) is 9.64. The summed E-state index contributed by atoms with van der Waals surface area (Å²) in [6.07, 6.45) is 5.41. The van der Waals surface area contributed by atoms with Crippen LogP contribution in [0.25, 0.3) is 0 Å². The van der Waals surface area contributed by atoms with Crippen LogP contribution in [-0.4, -0.2) is 15.9 Å². The van der Waals surface area contributed by atoms with E-state index in [4.69, 9.17) is 0 Å². The highest BCUT2D eigenvalue weighted by Crippen LogP contribution is 2.10. The fourth-order valence-corrected chi connectivity index (χ4v) is 2.15. The van der Waals surface area contributed by atoms with Crippen molar-refractivity contribution in [1.82, 2.24) is 8.96 Å². The minimum atomic E-state index is 0.412. The van der Waals surface area contributed by atoms with Gasteiger partial charge in [-0.25, -0.2) is 0 Å². The van der Waals surface area contributed by atoms with Crippen molar-refractivity contribution in [3.05, 3.63) is 48.0 Å². The van der Waals surface area contributed by atoms with Gasteiger partial charge in [0.2, 0.25) is 0 Å². The minimum Gasteiger partial charge on any atom is -0.375 e. The van der Waals surface area contributed by atoms with Crippen molar-refractivity contribution in [1.29, 1.82) is 0 Å². The van der Waals surface area contributed by atoms with E-state index in [1.807, 2.05) is 0 Å². The molecular weight excluding hydrogens is 183 g/mol. The Kier molecular flexibility index (Phi) is 2.71. The highest BCUT2D eigenvalue weighted by Gasteiger charge is 2.18. The van der Waals surface area contributed by atoms with Gasteiger partial charge in [0.15, 0.2) is 0 Å². The monoisotopic (exact) mass is 200 g/mol. The lowest BCUT2D eigenvalue weighted by Crippen LogP contribution is -2.33. The predicted octanol–water partition coefficient (Wildman–Crippen LogP) is 2.81. The summed E-state index contributed by atoms with van der Waals surface area (Å²) in [4.78, 5) is 0. The van der Waals surface area contributed by atoms with Crippen molar-refractivity contribution in [2.75, 3.05) is 0 Å². The van der Waals surface area contributed by atoms with Gasteiger partial charge >= 0.3 is 6.98 Å². The molecule has 0 N–H and O–H groups in total. The largest absolute Gasteiger partial charge is 0.383 e. The number of hydrogen-bond acceptors (Lipinski definition) is 0. The molecule has 0 radical (unpaired) electrons. The summed E-state index contributed by atoms with van der Waals surface area (Å²) in [5.41, 5.74) is 2.63. The van der Waals surface area contributed by atoms with E-state index in [-0.39, 0.29) is 0 Å². The average Bonchev–Trinajstić information content (AvgIpc) is 2.80. The molecule has 2 nitrogen and oxygen atoms in total. The van der Waals surface area contributed by atoms with E-state index >= 15 is 0 Å². The topological polar surface area (TPSA) is 9.86 Å². The van der Waals surface area contributed by atoms with Crippen LogP contribution in [0.4, 0.5) is 0 Å². The van der Waals surface area contributed by atoms with Crippen molar-refractivity contribution in [3.8, 4) is 0 Å². The maximum Gasteiger partial charge on any atom is 0.383 e. The third kappa shape index (κ3) is 1.74. The predicted molar refractivity (Wildman–Crippen MR) is 65.4 cm³/mol.